The number of fused-ring (bicyclic) bond motifs is 1. The van der Waals surface area contributed by atoms with Crippen molar-refractivity contribution < 1.29 is 19.1 Å². The average molecular weight is 599 g/mol. The molecule has 131 valence electrons. The summed E-state index contributed by atoms with van der Waals surface area (Å²) in [4.78, 5) is 0. The molecule has 0 saturated heterocycles. The van der Waals surface area contributed by atoms with Crippen molar-refractivity contribution in [3.63, 3.8) is 0 Å². The van der Waals surface area contributed by atoms with E-state index in [-0.39, 0.29) is 0 Å². The second-order valence-corrected chi connectivity index (χ2v) is 24.3. The van der Waals surface area contributed by atoms with Crippen LogP contribution in [0.5, 0.6) is 0 Å². The Bertz CT molecular complexity index is 843. The van der Waals surface area contributed by atoms with Crippen LogP contribution in [0.15, 0.2) is 67.1 Å². The predicted molar refractivity (Wildman–Crippen MR) is 111 cm³/mol. The Morgan fingerprint density at radius 3 is 2.24 bits per heavy atom. The second-order valence-electron chi connectivity index (χ2n) is 7.41. The molecule has 0 N–H and O–H groups in total. The first-order valence-electron chi connectivity index (χ1n) is 8.85. The minimum atomic E-state index is -2.72. The van der Waals surface area contributed by atoms with Gasteiger partial charge in [0.15, 0.2) is 0 Å². The molecule has 0 radical (unpaired) electrons. The van der Waals surface area contributed by atoms with Crippen molar-refractivity contribution in [3.05, 3.63) is 67.1 Å². The van der Waals surface area contributed by atoms with Crippen LogP contribution < -0.4 is 0 Å². The molecule has 3 aliphatic rings. The Morgan fingerprint density at radius 2 is 1.72 bits per heavy atom. The van der Waals surface area contributed by atoms with Gasteiger partial charge in [-0.25, -0.2) is 0 Å². The van der Waals surface area contributed by atoms with Crippen molar-refractivity contribution in [3.8, 4) is 0 Å². The number of halogens is 2. The summed E-state index contributed by atoms with van der Waals surface area (Å²) in [6.45, 7) is 9.18. The predicted octanol–water partition coefficient (Wildman–Crippen LogP) is 6.66. The topological polar surface area (TPSA) is 0 Å². The Labute approximate surface area is 171 Å². The third-order valence-corrected chi connectivity index (χ3v) is 16.0. The van der Waals surface area contributed by atoms with E-state index in [1.807, 2.05) is 0 Å². The molecule has 0 fully saturated rings. The summed E-state index contributed by atoms with van der Waals surface area (Å²) < 4.78 is 2.96. The standard InChI is InChI=1S/C21H25Ge.2ClH.Hf/c1-13-10-11-14(2)19(13)20-15(3)12-17-8-7-9-18(22(5)6)16(4)21(17)20;;;/h7-11,13,16H,1-6H3;2*1H;/q;;;+2/p-2. The molecule has 0 amide bonds. The Morgan fingerprint density at radius 1 is 1.04 bits per heavy atom. The van der Waals surface area contributed by atoms with Crippen LogP contribution in [-0.2, 0) is 19.1 Å². The van der Waals surface area contributed by atoms with Gasteiger partial charge in [0.1, 0.15) is 0 Å². The molecule has 0 aromatic rings. The monoisotopic (exact) mass is 601 g/mol. The summed E-state index contributed by atoms with van der Waals surface area (Å²) in [7, 11) is 13.3. The van der Waals surface area contributed by atoms with Crippen LogP contribution in [0.2, 0.25) is 11.5 Å². The first-order valence-corrected chi connectivity index (χ1v) is 24.8. The van der Waals surface area contributed by atoms with E-state index in [0.717, 1.165) is 0 Å². The van der Waals surface area contributed by atoms with Gasteiger partial charge in [-0.2, -0.15) is 0 Å². The van der Waals surface area contributed by atoms with E-state index in [1.165, 1.54) is 36.8 Å². The molecular formula is C21H25Cl2GeHf. The summed E-state index contributed by atoms with van der Waals surface area (Å²) in [5.74, 6) is 5.83. The number of rotatable bonds is 2. The summed E-state index contributed by atoms with van der Waals surface area (Å²) in [5, 5.41) is 0. The van der Waals surface area contributed by atoms with E-state index in [0.29, 0.717) is 11.8 Å². The van der Waals surface area contributed by atoms with Crippen molar-refractivity contribution >= 4 is 35.4 Å². The van der Waals surface area contributed by atoms with Crippen molar-refractivity contribution in [2.75, 3.05) is 0 Å². The van der Waals surface area contributed by atoms with E-state index in [9.17, 15) is 0 Å². The van der Waals surface area contributed by atoms with Crippen LogP contribution in [0, 0.1) is 11.8 Å². The van der Waals surface area contributed by atoms with Gasteiger partial charge in [-0.15, -0.1) is 0 Å². The molecule has 3 rings (SSSR count). The van der Waals surface area contributed by atoms with E-state index >= 15 is 0 Å². The van der Waals surface area contributed by atoms with Gasteiger partial charge in [-0.05, 0) is 0 Å². The van der Waals surface area contributed by atoms with E-state index < -0.39 is 33.0 Å². The maximum absolute atomic E-state index is 6.64. The third-order valence-electron chi connectivity index (χ3n) is 5.57. The molecule has 4 heteroatoms. The fraction of sp³-hybridized carbons (Fsp3) is 0.381. The fourth-order valence-corrected chi connectivity index (χ4v) is 14.4. The van der Waals surface area contributed by atoms with Gasteiger partial charge < -0.3 is 0 Å². The van der Waals surface area contributed by atoms with Gasteiger partial charge in [0.2, 0.25) is 0 Å². The normalized spacial score (nSPS) is 25.8. The van der Waals surface area contributed by atoms with Crippen molar-refractivity contribution in [1.29, 1.82) is 0 Å². The molecule has 2 unspecified atom stereocenters. The van der Waals surface area contributed by atoms with Gasteiger partial charge in [0.05, 0.1) is 0 Å². The number of hydrogen-bond acceptors (Lipinski definition) is 0. The molecule has 0 aliphatic heterocycles. The second kappa shape index (κ2) is 7.74. The van der Waals surface area contributed by atoms with E-state index in [4.69, 9.17) is 17.2 Å². The van der Waals surface area contributed by atoms with Crippen molar-refractivity contribution in [2.45, 2.75) is 39.2 Å². The Balaban J connectivity index is 2.32. The molecule has 2 atom stereocenters. The summed E-state index contributed by atoms with van der Waals surface area (Å²) in [5.41, 5.74) is 8.52. The molecule has 0 spiro atoms. The zero-order chi connectivity index (χ0) is 18.5. The van der Waals surface area contributed by atoms with Gasteiger partial charge in [0, 0.05) is 0 Å². The molecule has 0 nitrogen and oxygen atoms in total. The van der Waals surface area contributed by atoms with Crippen molar-refractivity contribution in [2.24, 2.45) is 11.8 Å². The molecule has 0 bridgehead atoms. The van der Waals surface area contributed by atoms with E-state index in [2.05, 4.69) is 69.6 Å². The average Bonchev–Trinajstić information content (AvgIpc) is 2.92. The number of allylic oxidation sites excluding steroid dienone is 12. The van der Waals surface area contributed by atoms with Gasteiger partial charge >= 0.3 is 173 Å². The number of hydrogen-bond donors (Lipinski definition) is 0. The Kier molecular flexibility index (Phi) is 6.20. The van der Waals surface area contributed by atoms with Crippen LogP contribution in [0.4, 0.5) is 0 Å². The van der Waals surface area contributed by atoms with Gasteiger partial charge in [-0.1, -0.05) is 0 Å². The van der Waals surface area contributed by atoms with Gasteiger partial charge in [0.25, 0.3) is 0 Å². The first-order chi connectivity index (χ1) is 11.8. The summed E-state index contributed by atoms with van der Waals surface area (Å²) in [6.07, 6.45) is 11.5. The van der Waals surface area contributed by atoms with Crippen LogP contribution in [-0.4, -0.2) is 18.3 Å². The molecule has 0 saturated carbocycles. The van der Waals surface area contributed by atoms with Crippen LogP contribution in [0.3, 0.4) is 0 Å². The fourth-order valence-electron chi connectivity index (χ4n) is 4.42. The SMILES string of the molecule is CC1=C(C2=C3C(=CC=C[C](=[Ge]([CH3])[CH3])C3C)[C]([Hf]([Cl])[Cl])=C2C)C(C)C=C1. The molecular weight excluding hydrogens is 574 g/mol. The van der Waals surface area contributed by atoms with E-state index in [1.54, 1.807) is 4.35 Å². The Hall–Kier alpha value is 0.303. The molecule has 0 heterocycles. The maximum atomic E-state index is 6.64. The first kappa shape index (κ1) is 20.0. The quantitative estimate of drug-likeness (QED) is 0.312. The molecule has 3 aliphatic carbocycles. The molecule has 25 heavy (non-hydrogen) atoms. The zero-order valence-electron chi connectivity index (χ0n) is 15.8. The summed E-state index contributed by atoms with van der Waals surface area (Å²) >= 11 is -3.89. The van der Waals surface area contributed by atoms with Gasteiger partial charge in [-0.3, -0.25) is 0 Å². The third kappa shape index (κ3) is 3.44. The molecule has 0 aromatic heterocycles. The molecule has 0 aromatic carbocycles. The zero-order valence-corrected chi connectivity index (χ0v) is 23.0. The van der Waals surface area contributed by atoms with Crippen molar-refractivity contribution in [1.82, 2.24) is 0 Å². The van der Waals surface area contributed by atoms with Crippen LogP contribution in [0.25, 0.3) is 0 Å². The van der Waals surface area contributed by atoms with Crippen LogP contribution in [0.1, 0.15) is 27.7 Å². The van der Waals surface area contributed by atoms with Crippen LogP contribution >= 0.6 is 17.2 Å². The minimum absolute atomic E-state index is 0.461. The summed E-state index contributed by atoms with van der Waals surface area (Å²) in [6, 6.07) is 0.